The van der Waals surface area contributed by atoms with Crippen molar-refractivity contribution in [2.75, 3.05) is 25.5 Å². The Morgan fingerprint density at radius 1 is 1.50 bits per heavy atom. The van der Waals surface area contributed by atoms with Gasteiger partial charge in [-0.1, -0.05) is 6.42 Å². The molecule has 0 saturated carbocycles. The quantitative estimate of drug-likeness (QED) is 0.506. The van der Waals surface area contributed by atoms with E-state index < -0.39 is 0 Å². The highest BCUT2D eigenvalue weighted by atomic mass is 15.4. The Labute approximate surface area is 107 Å². The fourth-order valence-corrected chi connectivity index (χ4v) is 3.06. The van der Waals surface area contributed by atoms with Gasteiger partial charge in [0.05, 0.1) is 11.7 Å². The van der Waals surface area contributed by atoms with Gasteiger partial charge in [-0.2, -0.15) is 9.78 Å². The molecule has 0 radical (unpaired) electrons. The lowest BCUT2D eigenvalue weighted by Crippen LogP contribution is -2.31. The molecule has 1 fully saturated rings. The molecule has 0 aliphatic carbocycles. The van der Waals surface area contributed by atoms with Crippen LogP contribution in [0.2, 0.25) is 0 Å². The number of likely N-dealkylation sites (tertiary alicyclic amines) is 1. The Balaban J connectivity index is 2.01. The summed E-state index contributed by atoms with van der Waals surface area (Å²) in [6.07, 6.45) is 4.66. The average Bonchev–Trinajstić information content (AvgIpc) is 2.90. The number of hydrogen-bond acceptors (Lipinski definition) is 4. The summed E-state index contributed by atoms with van der Waals surface area (Å²) in [6, 6.07) is 0.382. The first-order valence-electron chi connectivity index (χ1n) is 6.59. The fourth-order valence-electron chi connectivity index (χ4n) is 3.06. The van der Waals surface area contributed by atoms with Gasteiger partial charge in [0.2, 0.25) is 5.96 Å². The molecule has 6 heteroatoms. The Morgan fingerprint density at radius 3 is 3.06 bits per heavy atom. The average molecular weight is 248 g/mol. The summed E-state index contributed by atoms with van der Waals surface area (Å²) in [5.74, 6) is 0.918. The molecule has 1 unspecified atom stereocenters. The minimum Gasteiger partial charge on any atom is -0.369 e. The maximum Gasteiger partial charge on any atom is 0.215 e. The second kappa shape index (κ2) is 4.28. The zero-order valence-electron chi connectivity index (χ0n) is 10.7. The van der Waals surface area contributed by atoms with E-state index in [-0.39, 0.29) is 5.96 Å². The number of nitrogens with one attached hydrogen (secondary N) is 2. The van der Waals surface area contributed by atoms with E-state index >= 15 is 0 Å². The van der Waals surface area contributed by atoms with Crippen LogP contribution < -0.4 is 11.1 Å². The largest absolute Gasteiger partial charge is 0.369 e. The molecule has 2 aliphatic heterocycles. The molecule has 0 aromatic carbocycles. The van der Waals surface area contributed by atoms with E-state index in [2.05, 4.69) is 22.4 Å². The summed E-state index contributed by atoms with van der Waals surface area (Å²) in [6.45, 7) is 2.05. The normalized spacial score (nSPS) is 23.7. The molecular formula is C12H20N6. The summed E-state index contributed by atoms with van der Waals surface area (Å²) >= 11 is 0. The molecule has 0 bridgehead atoms. The van der Waals surface area contributed by atoms with Gasteiger partial charge in [-0.15, -0.1) is 0 Å². The van der Waals surface area contributed by atoms with Crippen LogP contribution >= 0.6 is 0 Å². The lowest BCUT2D eigenvalue weighted by Gasteiger charge is -2.31. The summed E-state index contributed by atoms with van der Waals surface area (Å²) in [7, 11) is 2.16. The van der Waals surface area contributed by atoms with Crippen molar-refractivity contribution in [2.45, 2.75) is 31.7 Å². The Kier molecular flexibility index (Phi) is 2.74. The van der Waals surface area contributed by atoms with E-state index in [0.29, 0.717) is 6.04 Å². The predicted octanol–water partition coefficient (Wildman–Crippen LogP) is 0.749. The molecule has 6 nitrogen and oxygen atoms in total. The van der Waals surface area contributed by atoms with E-state index in [0.717, 1.165) is 37.4 Å². The number of nitrogens with zero attached hydrogens (tertiary/aromatic N) is 3. The Bertz CT molecular complexity index is 477. The van der Waals surface area contributed by atoms with Gasteiger partial charge in [-0.3, -0.25) is 10.3 Å². The number of fused-ring (bicyclic) bond motifs is 1. The third kappa shape index (κ3) is 1.68. The minimum absolute atomic E-state index is 0.00892. The molecule has 2 aliphatic rings. The van der Waals surface area contributed by atoms with Crippen LogP contribution in [0.3, 0.4) is 0 Å². The van der Waals surface area contributed by atoms with E-state index in [1.165, 1.54) is 18.4 Å². The highest BCUT2D eigenvalue weighted by Gasteiger charge is 2.31. The molecule has 4 N–H and O–H groups in total. The van der Waals surface area contributed by atoms with Gasteiger partial charge in [-0.05, 0) is 32.9 Å². The zero-order chi connectivity index (χ0) is 12.7. The predicted molar refractivity (Wildman–Crippen MR) is 71.0 cm³/mol. The molecule has 0 spiro atoms. The third-order valence-corrected chi connectivity index (χ3v) is 4.00. The maximum atomic E-state index is 7.61. The van der Waals surface area contributed by atoms with Crippen molar-refractivity contribution in [1.29, 1.82) is 5.41 Å². The maximum absolute atomic E-state index is 7.61. The Hall–Kier alpha value is -1.56. The number of rotatable bonds is 1. The smallest absolute Gasteiger partial charge is 0.215 e. The first-order valence-corrected chi connectivity index (χ1v) is 6.59. The summed E-state index contributed by atoms with van der Waals surface area (Å²) in [5, 5.41) is 15.5. The second-order valence-electron chi connectivity index (χ2n) is 5.18. The van der Waals surface area contributed by atoms with Crippen molar-refractivity contribution in [1.82, 2.24) is 14.7 Å². The van der Waals surface area contributed by atoms with Gasteiger partial charge in [-0.25, -0.2) is 0 Å². The van der Waals surface area contributed by atoms with Crippen LogP contribution in [-0.4, -0.2) is 40.8 Å². The molecule has 0 amide bonds. The molecule has 18 heavy (non-hydrogen) atoms. The van der Waals surface area contributed by atoms with Crippen molar-refractivity contribution in [2.24, 2.45) is 5.73 Å². The Morgan fingerprint density at radius 2 is 2.33 bits per heavy atom. The van der Waals surface area contributed by atoms with Gasteiger partial charge < -0.3 is 11.1 Å². The van der Waals surface area contributed by atoms with Gasteiger partial charge >= 0.3 is 0 Å². The van der Waals surface area contributed by atoms with E-state index in [9.17, 15) is 0 Å². The van der Waals surface area contributed by atoms with Crippen LogP contribution in [-0.2, 0) is 6.42 Å². The van der Waals surface area contributed by atoms with E-state index in [4.69, 9.17) is 11.1 Å². The van der Waals surface area contributed by atoms with Crippen LogP contribution in [0.5, 0.6) is 0 Å². The number of aromatic nitrogens is 2. The first-order chi connectivity index (χ1) is 8.68. The topological polar surface area (TPSA) is 83.0 Å². The molecule has 98 valence electrons. The molecule has 1 aromatic rings. The number of anilines is 1. The SMILES string of the molecule is CN1CCCCC1c1nn(C(=N)N)c2c1CCN2. The molecule has 1 aromatic heterocycles. The lowest BCUT2D eigenvalue weighted by atomic mass is 9.97. The molecule has 1 saturated heterocycles. The van der Waals surface area contributed by atoms with Gasteiger partial charge in [0.15, 0.2) is 0 Å². The van der Waals surface area contributed by atoms with Crippen LogP contribution in [0.4, 0.5) is 5.82 Å². The van der Waals surface area contributed by atoms with Crippen LogP contribution in [0.25, 0.3) is 0 Å². The van der Waals surface area contributed by atoms with Crippen LogP contribution in [0, 0.1) is 5.41 Å². The number of hydrogen-bond donors (Lipinski definition) is 3. The highest BCUT2D eigenvalue weighted by Crippen LogP contribution is 2.35. The molecule has 3 rings (SSSR count). The zero-order valence-corrected chi connectivity index (χ0v) is 10.7. The summed E-state index contributed by atoms with van der Waals surface area (Å²) in [4.78, 5) is 2.37. The number of nitrogens with two attached hydrogens (primary N) is 1. The third-order valence-electron chi connectivity index (χ3n) is 4.00. The molecular weight excluding hydrogens is 228 g/mol. The highest BCUT2D eigenvalue weighted by molar-refractivity contribution is 5.81. The van der Waals surface area contributed by atoms with Gasteiger partial charge in [0, 0.05) is 12.1 Å². The first kappa shape index (κ1) is 11.5. The van der Waals surface area contributed by atoms with Crippen LogP contribution in [0.1, 0.15) is 36.6 Å². The van der Waals surface area contributed by atoms with Gasteiger partial charge in [0.25, 0.3) is 0 Å². The van der Waals surface area contributed by atoms with Crippen molar-refractivity contribution >= 4 is 11.8 Å². The monoisotopic (exact) mass is 248 g/mol. The summed E-state index contributed by atoms with van der Waals surface area (Å²) in [5.41, 5.74) is 7.97. The molecule has 3 heterocycles. The standard InChI is InChI=1S/C12H20N6/c1-17-7-3-2-4-9(17)10-8-5-6-15-11(8)18(16-10)12(13)14/h9,15H,2-7H2,1H3,(H3,13,14). The number of nitrogen functional groups attached to an aromatic ring is 1. The van der Waals surface area contributed by atoms with Crippen molar-refractivity contribution < 1.29 is 0 Å². The second-order valence-corrected chi connectivity index (χ2v) is 5.18. The lowest BCUT2D eigenvalue weighted by molar-refractivity contribution is 0.182. The van der Waals surface area contributed by atoms with Crippen LogP contribution in [0.15, 0.2) is 0 Å². The van der Waals surface area contributed by atoms with Crippen molar-refractivity contribution in [3.63, 3.8) is 0 Å². The molecule has 1 atom stereocenters. The number of piperidine rings is 1. The van der Waals surface area contributed by atoms with E-state index in [1.54, 1.807) is 4.68 Å². The summed E-state index contributed by atoms with van der Waals surface area (Å²) < 4.78 is 1.54. The van der Waals surface area contributed by atoms with Crippen molar-refractivity contribution in [3.05, 3.63) is 11.3 Å². The fraction of sp³-hybridized carbons (Fsp3) is 0.667. The van der Waals surface area contributed by atoms with Gasteiger partial charge in [0.1, 0.15) is 5.82 Å². The van der Waals surface area contributed by atoms with Crippen molar-refractivity contribution in [3.8, 4) is 0 Å². The van der Waals surface area contributed by atoms with E-state index in [1.807, 2.05) is 0 Å². The minimum atomic E-state index is -0.00892.